The van der Waals surface area contributed by atoms with Crippen LogP contribution in [0.4, 0.5) is 5.69 Å². The molecular formula is C17H20N2OS. The Labute approximate surface area is 129 Å². The van der Waals surface area contributed by atoms with Crippen LogP contribution in [0.2, 0.25) is 0 Å². The SMILES string of the molecule is CC(C)(C)Sc1ccc(-c2ccccc2C(N)=O)cc1N. The highest BCUT2D eigenvalue weighted by molar-refractivity contribution is 8.00. The summed E-state index contributed by atoms with van der Waals surface area (Å²) >= 11 is 1.73. The number of carbonyl (C=O) groups is 1. The smallest absolute Gasteiger partial charge is 0.249 e. The molecule has 2 rings (SSSR count). The van der Waals surface area contributed by atoms with Gasteiger partial charge in [-0.25, -0.2) is 0 Å². The van der Waals surface area contributed by atoms with Crippen molar-refractivity contribution in [2.24, 2.45) is 5.73 Å². The minimum absolute atomic E-state index is 0.0980. The molecule has 0 saturated heterocycles. The van der Waals surface area contributed by atoms with Crippen molar-refractivity contribution < 1.29 is 4.79 Å². The van der Waals surface area contributed by atoms with E-state index in [0.717, 1.165) is 16.0 Å². The zero-order valence-corrected chi connectivity index (χ0v) is 13.3. The normalized spacial score (nSPS) is 11.4. The largest absolute Gasteiger partial charge is 0.398 e. The van der Waals surface area contributed by atoms with Crippen LogP contribution in [0.15, 0.2) is 47.4 Å². The highest BCUT2D eigenvalue weighted by Crippen LogP contribution is 2.37. The van der Waals surface area contributed by atoms with Gasteiger partial charge in [0.15, 0.2) is 0 Å². The number of primary amides is 1. The number of benzene rings is 2. The van der Waals surface area contributed by atoms with E-state index in [4.69, 9.17) is 11.5 Å². The lowest BCUT2D eigenvalue weighted by Gasteiger charge is -2.19. The predicted molar refractivity (Wildman–Crippen MR) is 90.4 cm³/mol. The van der Waals surface area contributed by atoms with Crippen LogP contribution < -0.4 is 11.5 Å². The molecule has 0 aliphatic rings. The minimum atomic E-state index is -0.433. The van der Waals surface area contributed by atoms with Gasteiger partial charge in [-0.3, -0.25) is 4.79 Å². The van der Waals surface area contributed by atoms with Crippen LogP contribution in [-0.2, 0) is 0 Å². The zero-order chi connectivity index (χ0) is 15.6. The van der Waals surface area contributed by atoms with E-state index in [0.29, 0.717) is 11.3 Å². The fraction of sp³-hybridized carbons (Fsp3) is 0.235. The Morgan fingerprint density at radius 1 is 1.10 bits per heavy atom. The molecule has 0 spiro atoms. The molecule has 0 aliphatic heterocycles. The summed E-state index contributed by atoms with van der Waals surface area (Å²) in [6.07, 6.45) is 0. The predicted octanol–water partition coefficient (Wildman–Crippen LogP) is 3.93. The first-order valence-electron chi connectivity index (χ1n) is 6.76. The molecule has 2 aromatic carbocycles. The third-order valence-corrected chi connectivity index (χ3v) is 4.13. The second-order valence-electron chi connectivity index (χ2n) is 5.88. The van der Waals surface area contributed by atoms with Crippen molar-refractivity contribution in [2.45, 2.75) is 30.4 Å². The quantitative estimate of drug-likeness (QED) is 0.666. The molecule has 0 saturated carbocycles. The molecule has 3 nitrogen and oxygen atoms in total. The molecule has 0 aliphatic carbocycles. The van der Waals surface area contributed by atoms with Gasteiger partial charge in [-0.15, -0.1) is 11.8 Å². The Hall–Kier alpha value is -1.94. The van der Waals surface area contributed by atoms with Gasteiger partial charge < -0.3 is 11.5 Å². The Balaban J connectivity index is 2.44. The lowest BCUT2D eigenvalue weighted by molar-refractivity contribution is 0.100. The van der Waals surface area contributed by atoms with E-state index >= 15 is 0 Å². The van der Waals surface area contributed by atoms with Gasteiger partial charge in [0.2, 0.25) is 5.91 Å². The van der Waals surface area contributed by atoms with Crippen molar-refractivity contribution in [2.75, 3.05) is 5.73 Å². The lowest BCUT2D eigenvalue weighted by atomic mass is 9.99. The number of rotatable bonds is 3. The van der Waals surface area contributed by atoms with Crippen molar-refractivity contribution in [3.05, 3.63) is 48.0 Å². The first-order chi connectivity index (χ1) is 9.78. The van der Waals surface area contributed by atoms with Gasteiger partial charge in [-0.2, -0.15) is 0 Å². The van der Waals surface area contributed by atoms with Crippen LogP contribution in [-0.4, -0.2) is 10.7 Å². The van der Waals surface area contributed by atoms with E-state index in [1.54, 1.807) is 23.9 Å². The maximum Gasteiger partial charge on any atom is 0.249 e. The van der Waals surface area contributed by atoms with Crippen LogP contribution >= 0.6 is 11.8 Å². The van der Waals surface area contributed by atoms with Crippen LogP contribution in [0.25, 0.3) is 11.1 Å². The molecule has 21 heavy (non-hydrogen) atoms. The first kappa shape index (κ1) is 15.4. The van der Waals surface area contributed by atoms with E-state index in [1.165, 1.54) is 0 Å². The average Bonchev–Trinajstić information content (AvgIpc) is 2.39. The second kappa shape index (κ2) is 5.82. The van der Waals surface area contributed by atoms with Crippen LogP contribution in [0.5, 0.6) is 0 Å². The summed E-state index contributed by atoms with van der Waals surface area (Å²) < 4.78 is 0.0980. The van der Waals surface area contributed by atoms with Gasteiger partial charge in [-0.05, 0) is 29.3 Å². The number of nitrogen functional groups attached to an aromatic ring is 1. The molecule has 0 fully saturated rings. The van der Waals surface area contributed by atoms with E-state index in [2.05, 4.69) is 20.8 Å². The molecule has 2 aromatic rings. The summed E-state index contributed by atoms with van der Waals surface area (Å²) in [7, 11) is 0. The van der Waals surface area contributed by atoms with Gasteiger partial charge in [0.25, 0.3) is 0 Å². The molecule has 0 bridgehead atoms. The van der Waals surface area contributed by atoms with Crippen molar-refractivity contribution in [3.63, 3.8) is 0 Å². The Morgan fingerprint density at radius 3 is 2.33 bits per heavy atom. The summed E-state index contributed by atoms with van der Waals surface area (Å²) in [4.78, 5) is 12.6. The van der Waals surface area contributed by atoms with Gasteiger partial charge in [0.05, 0.1) is 0 Å². The van der Waals surface area contributed by atoms with E-state index in [1.807, 2.05) is 30.3 Å². The van der Waals surface area contributed by atoms with Crippen LogP contribution in [0, 0.1) is 0 Å². The van der Waals surface area contributed by atoms with Crippen molar-refractivity contribution in [1.82, 2.24) is 0 Å². The first-order valence-corrected chi connectivity index (χ1v) is 7.57. The Kier molecular flexibility index (Phi) is 4.28. The topological polar surface area (TPSA) is 69.1 Å². The number of nitrogens with two attached hydrogens (primary N) is 2. The molecule has 1 amide bonds. The summed E-state index contributed by atoms with van der Waals surface area (Å²) in [5.41, 5.74) is 14.5. The van der Waals surface area contributed by atoms with Crippen molar-refractivity contribution >= 4 is 23.4 Å². The molecular weight excluding hydrogens is 280 g/mol. The summed E-state index contributed by atoms with van der Waals surface area (Å²) in [6, 6.07) is 13.2. The molecule has 4 N–H and O–H groups in total. The molecule has 0 radical (unpaired) electrons. The standard InChI is InChI=1S/C17H20N2OS/c1-17(2,3)21-15-9-8-11(10-14(15)18)12-6-4-5-7-13(12)16(19)20/h4-10H,18H2,1-3H3,(H2,19,20). The zero-order valence-electron chi connectivity index (χ0n) is 12.5. The maximum absolute atomic E-state index is 11.5. The third kappa shape index (κ3) is 3.79. The fourth-order valence-corrected chi connectivity index (χ4v) is 3.06. The second-order valence-corrected chi connectivity index (χ2v) is 7.75. The molecule has 4 heteroatoms. The van der Waals surface area contributed by atoms with E-state index in [-0.39, 0.29) is 4.75 Å². The Bertz CT molecular complexity index is 675. The summed E-state index contributed by atoms with van der Waals surface area (Å²) in [5.74, 6) is -0.433. The number of hydrogen-bond acceptors (Lipinski definition) is 3. The van der Waals surface area contributed by atoms with E-state index < -0.39 is 5.91 Å². The fourth-order valence-electron chi connectivity index (χ4n) is 2.09. The number of carbonyl (C=O) groups excluding carboxylic acids is 1. The van der Waals surface area contributed by atoms with Crippen molar-refractivity contribution in [3.8, 4) is 11.1 Å². The Morgan fingerprint density at radius 2 is 1.76 bits per heavy atom. The average molecular weight is 300 g/mol. The number of thioether (sulfide) groups is 1. The molecule has 0 heterocycles. The summed E-state index contributed by atoms with van der Waals surface area (Å²) in [5, 5.41) is 0. The molecule has 0 aromatic heterocycles. The highest BCUT2D eigenvalue weighted by Gasteiger charge is 2.15. The number of amides is 1. The van der Waals surface area contributed by atoms with E-state index in [9.17, 15) is 4.79 Å². The molecule has 0 atom stereocenters. The van der Waals surface area contributed by atoms with Crippen LogP contribution in [0.1, 0.15) is 31.1 Å². The highest BCUT2D eigenvalue weighted by atomic mass is 32.2. The molecule has 110 valence electrons. The van der Waals surface area contributed by atoms with Crippen LogP contribution in [0.3, 0.4) is 0 Å². The third-order valence-electron chi connectivity index (χ3n) is 2.93. The molecule has 0 unspecified atom stereocenters. The number of anilines is 1. The monoisotopic (exact) mass is 300 g/mol. The summed E-state index contributed by atoms with van der Waals surface area (Å²) in [6.45, 7) is 6.44. The number of hydrogen-bond donors (Lipinski definition) is 2. The van der Waals surface area contributed by atoms with Gasteiger partial charge in [0.1, 0.15) is 0 Å². The minimum Gasteiger partial charge on any atom is -0.398 e. The van der Waals surface area contributed by atoms with Gasteiger partial charge >= 0.3 is 0 Å². The van der Waals surface area contributed by atoms with Crippen molar-refractivity contribution in [1.29, 1.82) is 0 Å². The van der Waals surface area contributed by atoms with Gasteiger partial charge in [0, 0.05) is 20.9 Å². The van der Waals surface area contributed by atoms with Gasteiger partial charge in [-0.1, -0.05) is 45.0 Å². The maximum atomic E-state index is 11.5. The lowest BCUT2D eigenvalue weighted by Crippen LogP contribution is -2.12.